The van der Waals surface area contributed by atoms with Gasteiger partial charge < -0.3 is 18.9 Å². The minimum absolute atomic E-state index is 0.0328. The van der Waals surface area contributed by atoms with Crippen molar-refractivity contribution >= 4 is 5.78 Å². The Morgan fingerprint density at radius 3 is 2.48 bits per heavy atom. The Kier molecular flexibility index (Phi) is 9.27. The molecule has 2 heterocycles. The number of fused-ring (bicyclic) bond motifs is 1. The molecule has 4 rings (SSSR count). The predicted molar refractivity (Wildman–Crippen MR) is 126 cm³/mol. The van der Waals surface area contributed by atoms with Gasteiger partial charge in [-0.2, -0.15) is 0 Å². The molecule has 0 aromatic carbocycles. The number of ketones is 1. The third-order valence-electron chi connectivity index (χ3n) is 7.49. The van der Waals surface area contributed by atoms with Crippen LogP contribution in [-0.2, 0) is 23.7 Å². The first-order valence-electron chi connectivity index (χ1n) is 13.2. The Hall–Kier alpha value is -1.37. The minimum atomic E-state index is -0.234. The average Bonchev–Trinajstić information content (AvgIpc) is 3.33. The highest BCUT2D eigenvalue weighted by molar-refractivity contribution is 5.81. The minimum Gasteiger partial charge on any atom is -0.353 e. The molecule has 2 saturated carbocycles. The normalized spacial score (nSPS) is 35.6. The quantitative estimate of drug-likeness (QED) is 0.534. The highest BCUT2D eigenvalue weighted by Crippen LogP contribution is 2.48. The lowest BCUT2D eigenvalue weighted by Crippen LogP contribution is -2.32. The van der Waals surface area contributed by atoms with Crippen molar-refractivity contribution in [1.29, 1.82) is 0 Å². The van der Waals surface area contributed by atoms with Gasteiger partial charge in [0.05, 0.1) is 12.0 Å². The number of hydrogen-bond acceptors (Lipinski definition) is 5. The van der Waals surface area contributed by atoms with Crippen molar-refractivity contribution in [3.05, 3.63) is 0 Å². The number of carbonyl (C=O) groups is 1. The van der Waals surface area contributed by atoms with Gasteiger partial charge in [0, 0.05) is 44.8 Å². The van der Waals surface area contributed by atoms with Gasteiger partial charge in [-0.05, 0) is 56.8 Å². The van der Waals surface area contributed by atoms with Crippen LogP contribution in [0, 0.1) is 47.4 Å². The summed E-state index contributed by atoms with van der Waals surface area (Å²) in [6.07, 6.45) is 9.63. The fourth-order valence-electron chi connectivity index (χ4n) is 5.65. The van der Waals surface area contributed by atoms with Crippen LogP contribution >= 0.6 is 0 Å². The summed E-state index contributed by atoms with van der Waals surface area (Å²) in [7, 11) is 0. The van der Waals surface area contributed by atoms with Crippen LogP contribution in [0.15, 0.2) is 0 Å². The summed E-state index contributed by atoms with van der Waals surface area (Å²) < 4.78 is 24.5. The first-order chi connectivity index (χ1) is 16.1. The molecule has 0 bridgehead atoms. The Morgan fingerprint density at radius 2 is 1.79 bits per heavy atom. The standard InChI is InChI=1S/C28H40O5/c1-3-4-5-10-20(2)25(32-27-11-6-8-15-30-27)14-13-23-24-19-22(29)17-21(24)18-26(23)33-28-12-7-9-16-31-28/h20-21,23-28H,3,6-12,15-19H2,1-2H3/t20-,21-,23-,24-,25+,26+,27?,28?/m0/s1. The van der Waals surface area contributed by atoms with E-state index in [2.05, 4.69) is 37.5 Å². The van der Waals surface area contributed by atoms with Crippen molar-refractivity contribution in [2.75, 3.05) is 13.2 Å². The van der Waals surface area contributed by atoms with Crippen molar-refractivity contribution in [2.45, 2.75) is 109 Å². The van der Waals surface area contributed by atoms with E-state index in [1.165, 1.54) is 0 Å². The summed E-state index contributed by atoms with van der Waals surface area (Å²) >= 11 is 0. The smallest absolute Gasteiger partial charge is 0.159 e. The number of rotatable bonds is 6. The van der Waals surface area contributed by atoms with E-state index in [9.17, 15) is 4.79 Å². The van der Waals surface area contributed by atoms with Crippen LogP contribution in [0.25, 0.3) is 0 Å². The molecule has 4 aliphatic rings. The molecule has 5 nitrogen and oxygen atoms in total. The zero-order chi connectivity index (χ0) is 23.0. The van der Waals surface area contributed by atoms with E-state index >= 15 is 0 Å². The first-order valence-corrected chi connectivity index (χ1v) is 13.2. The zero-order valence-corrected chi connectivity index (χ0v) is 20.4. The Labute approximate surface area is 199 Å². The topological polar surface area (TPSA) is 54.0 Å². The highest BCUT2D eigenvalue weighted by atomic mass is 16.7. The summed E-state index contributed by atoms with van der Waals surface area (Å²) in [4.78, 5) is 12.2. The maximum absolute atomic E-state index is 12.2. The summed E-state index contributed by atoms with van der Waals surface area (Å²) in [6.45, 7) is 5.75. The van der Waals surface area contributed by atoms with Crippen molar-refractivity contribution in [3.8, 4) is 23.7 Å². The molecule has 33 heavy (non-hydrogen) atoms. The second-order valence-electron chi connectivity index (χ2n) is 10.1. The van der Waals surface area contributed by atoms with Crippen LogP contribution in [0.3, 0.4) is 0 Å². The van der Waals surface area contributed by atoms with Gasteiger partial charge in [-0.1, -0.05) is 25.7 Å². The van der Waals surface area contributed by atoms with Gasteiger partial charge in [0.2, 0.25) is 0 Å². The highest BCUT2D eigenvalue weighted by Gasteiger charge is 2.49. The van der Waals surface area contributed by atoms with Crippen molar-refractivity contribution in [3.63, 3.8) is 0 Å². The number of Topliss-reactive ketones (excluding diaryl/α,β-unsaturated/α-hetero) is 1. The maximum Gasteiger partial charge on any atom is 0.159 e. The summed E-state index contributed by atoms with van der Waals surface area (Å²) in [6, 6.07) is 0. The summed E-state index contributed by atoms with van der Waals surface area (Å²) in [5, 5.41) is 0. The van der Waals surface area contributed by atoms with Gasteiger partial charge >= 0.3 is 0 Å². The number of hydrogen-bond donors (Lipinski definition) is 0. The first kappa shape index (κ1) is 24.7. The third-order valence-corrected chi connectivity index (χ3v) is 7.49. The van der Waals surface area contributed by atoms with Crippen molar-refractivity contribution in [2.24, 2.45) is 23.7 Å². The van der Waals surface area contributed by atoms with Gasteiger partial charge in [-0.3, -0.25) is 4.79 Å². The third kappa shape index (κ3) is 6.83. The number of carbonyl (C=O) groups excluding carboxylic acids is 1. The van der Waals surface area contributed by atoms with Crippen LogP contribution in [0.1, 0.15) is 84.5 Å². The van der Waals surface area contributed by atoms with E-state index in [1.54, 1.807) is 0 Å². The van der Waals surface area contributed by atoms with Crippen LogP contribution in [-0.4, -0.2) is 43.8 Å². The van der Waals surface area contributed by atoms with Crippen LogP contribution in [0.5, 0.6) is 0 Å². The molecule has 4 fully saturated rings. The Bertz CT molecular complexity index is 759. The number of ether oxygens (including phenoxy) is 4. The predicted octanol–water partition coefficient (Wildman–Crippen LogP) is 4.87. The van der Waals surface area contributed by atoms with E-state index in [1.807, 2.05) is 0 Å². The molecule has 0 aromatic rings. The van der Waals surface area contributed by atoms with Gasteiger partial charge in [0.25, 0.3) is 0 Å². The molecule has 2 aliphatic carbocycles. The molecule has 182 valence electrons. The van der Waals surface area contributed by atoms with Crippen molar-refractivity contribution in [1.82, 2.24) is 0 Å². The molecule has 5 heteroatoms. The van der Waals surface area contributed by atoms with E-state index in [-0.39, 0.29) is 36.6 Å². The molecule has 8 atom stereocenters. The van der Waals surface area contributed by atoms with Gasteiger partial charge in [-0.25, -0.2) is 0 Å². The molecule has 0 spiro atoms. The van der Waals surface area contributed by atoms with Gasteiger partial charge in [-0.15, -0.1) is 11.8 Å². The lowest BCUT2D eigenvalue weighted by molar-refractivity contribution is -0.192. The van der Waals surface area contributed by atoms with E-state index in [4.69, 9.17) is 18.9 Å². The van der Waals surface area contributed by atoms with E-state index in [0.29, 0.717) is 30.5 Å². The molecule has 0 radical (unpaired) electrons. The van der Waals surface area contributed by atoms with Crippen LogP contribution < -0.4 is 0 Å². The zero-order valence-electron chi connectivity index (χ0n) is 20.4. The van der Waals surface area contributed by atoms with Gasteiger partial charge in [0.1, 0.15) is 11.9 Å². The molecular formula is C28H40O5. The monoisotopic (exact) mass is 456 g/mol. The van der Waals surface area contributed by atoms with Crippen LogP contribution in [0.4, 0.5) is 0 Å². The fraction of sp³-hybridized carbons (Fsp3) is 0.821. The fourth-order valence-corrected chi connectivity index (χ4v) is 5.65. The van der Waals surface area contributed by atoms with Crippen molar-refractivity contribution < 1.29 is 23.7 Å². The largest absolute Gasteiger partial charge is 0.353 e. The van der Waals surface area contributed by atoms with Gasteiger partial charge in [0.15, 0.2) is 12.6 Å². The molecule has 2 saturated heterocycles. The lowest BCUT2D eigenvalue weighted by Gasteiger charge is -2.29. The SMILES string of the molecule is CCC#CC[C@H](C)[C@@H](C#C[C@H]1[C@H]2CC(=O)C[C@H]2C[C@H]1OC1CCCCO1)OC1CCCCO1. The summed E-state index contributed by atoms with van der Waals surface area (Å²) in [5.74, 6) is 14.8. The van der Waals surface area contributed by atoms with E-state index < -0.39 is 0 Å². The Balaban J connectivity index is 1.49. The molecular weight excluding hydrogens is 416 g/mol. The second-order valence-corrected chi connectivity index (χ2v) is 10.1. The molecule has 0 N–H and O–H groups in total. The molecule has 0 aromatic heterocycles. The maximum atomic E-state index is 12.2. The average molecular weight is 457 g/mol. The second kappa shape index (κ2) is 12.4. The molecule has 2 unspecified atom stereocenters. The Morgan fingerprint density at radius 1 is 1.03 bits per heavy atom. The molecule has 2 aliphatic heterocycles. The van der Waals surface area contributed by atoms with E-state index in [0.717, 1.165) is 71.0 Å². The molecule has 0 amide bonds. The summed E-state index contributed by atoms with van der Waals surface area (Å²) in [5.41, 5.74) is 0. The van der Waals surface area contributed by atoms with Crippen LogP contribution in [0.2, 0.25) is 0 Å². The lowest BCUT2D eigenvalue weighted by atomic mass is 9.91.